The molecule has 112 valence electrons. The van der Waals surface area contributed by atoms with Crippen molar-refractivity contribution in [1.82, 2.24) is 9.80 Å². The van der Waals surface area contributed by atoms with Crippen molar-refractivity contribution in [2.75, 3.05) is 26.3 Å². The van der Waals surface area contributed by atoms with Gasteiger partial charge in [-0.1, -0.05) is 12.8 Å². The highest BCUT2D eigenvalue weighted by Crippen LogP contribution is 2.40. The zero-order valence-electron chi connectivity index (χ0n) is 11.7. The summed E-state index contributed by atoms with van der Waals surface area (Å²) in [5.74, 6) is -0.490. The Morgan fingerprint density at radius 1 is 1.10 bits per heavy atom. The quantitative estimate of drug-likeness (QED) is 0.783. The SMILES string of the molecule is O=C(O)C1CC2CCCCC2N1C(=O)N1CCOCC1. The summed E-state index contributed by atoms with van der Waals surface area (Å²) in [4.78, 5) is 27.6. The minimum absolute atomic E-state index is 0.102. The number of nitrogens with zero attached hydrogens (tertiary/aromatic N) is 2. The van der Waals surface area contributed by atoms with E-state index in [9.17, 15) is 14.7 Å². The van der Waals surface area contributed by atoms with Crippen LogP contribution in [0.15, 0.2) is 0 Å². The number of aliphatic carboxylic acids is 1. The number of likely N-dealkylation sites (tertiary alicyclic amines) is 1. The Kier molecular flexibility index (Phi) is 3.83. The van der Waals surface area contributed by atoms with E-state index in [4.69, 9.17) is 4.74 Å². The number of carbonyl (C=O) groups is 2. The molecule has 3 fully saturated rings. The summed E-state index contributed by atoms with van der Waals surface area (Å²) in [6.07, 6.45) is 4.88. The van der Waals surface area contributed by atoms with Gasteiger partial charge in [0.25, 0.3) is 0 Å². The van der Waals surface area contributed by atoms with Crippen molar-refractivity contribution in [3.63, 3.8) is 0 Å². The van der Waals surface area contributed by atoms with Crippen LogP contribution in [0.25, 0.3) is 0 Å². The van der Waals surface area contributed by atoms with Gasteiger partial charge in [0.2, 0.25) is 0 Å². The molecule has 0 aromatic carbocycles. The molecule has 2 amide bonds. The molecule has 0 aromatic rings. The molecule has 3 atom stereocenters. The van der Waals surface area contributed by atoms with Crippen LogP contribution in [-0.2, 0) is 9.53 Å². The molecular weight excluding hydrogens is 260 g/mol. The molecule has 3 aliphatic rings. The van der Waals surface area contributed by atoms with Gasteiger partial charge < -0.3 is 19.6 Å². The lowest BCUT2D eigenvalue weighted by atomic mass is 9.85. The Morgan fingerprint density at radius 3 is 2.50 bits per heavy atom. The smallest absolute Gasteiger partial charge is 0.326 e. The van der Waals surface area contributed by atoms with Crippen molar-refractivity contribution in [2.24, 2.45) is 5.92 Å². The van der Waals surface area contributed by atoms with Crippen molar-refractivity contribution < 1.29 is 19.4 Å². The molecule has 3 rings (SSSR count). The van der Waals surface area contributed by atoms with E-state index in [-0.39, 0.29) is 12.1 Å². The van der Waals surface area contributed by atoms with E-state index in [0.29, 0.717) is 38.6 Å². The second kappa shape index (κ2) is 5.60. The average Bonchev–Trinajstić information content (AvgIpc) is 2.87. The normalized spacial score (nSPS) is 33.9. The summed E-state index contributed by atoms with van der Waals surface area (Å²) >= 11 is 0. The van der Waals surface area contributed by atoms with Crippen molar-refractivity contribution in [1.29, 1.82) is 0 Å². The van der Waals surface area contributed by atoms with Gasteiger partial charge in [0.05, 0.1) is 13.2 Å². The summed E-state index contributed by atoms with van der Waals surface area (Å²) in [5, 5.41) is 9.44. The van der Waals surface area contributed by atoms with Crippen molar-refractivity contribution >= 4 is 12.0 Å². The molecule has 1 saturated carbocycles. The van der Waals surface area contributed by atoms with Gasteiger partial charge in [-0.3, -0.25) is 0 Å². The van der Waals surface area contributed by atoms with Crippen LogP contribution < -0.4 is 0 Å². The van der Waals surface area contributed by atoms with E-state index < -0.39 is 12.0 Å². The second-order valence-corrected chi connectivity index (χ2v) is 5.99. The molecule has 0 radical (unpaired) electrons. The summed E-state index contributed by atoms with van der Waals surface area (Å²) in [6.45, 7) is 2.23. The third kappa shape index (κ3) is 2.37. The number of morpholine rings is 1. The van der Waals surface area contributed by atoms with E-state index in [1.54, 1.807) is 9.80 Å². The zero-order chi connectivity index (χ0) is 14.1. The van der Waals surface area contributed by atoms with Gasteiger partial charge in [-0.2, -0.15) is 0 Å². The predicted octanol–water partition coefficient (Wildman–Crippen LogP) is 1.16. The van der Waals surface area contributed by atoms with Gasteiger partial charge in [-0.05, 0) is 25.2 Å². The predicted molar refractivity (Wildman–Crippen MR) is 71.4 cm³/mol. The number of hydrogen-bond donors (Lipinski definition) is 1. The maximum absolute atomic E-state index is 12.7. The van der Waals surface area contributed by atoms with Crippen LogP contribution in [0, 0.1) is 5.92 Å². The van der Waals surface area contributed by atoms with Crippen LogP contribution in [0.1, 0.15) is 32.1 Å². The minimum Gasteiger partial charge on any atom is -0.480 e. The average molecular weight is 282 g/mol. The van der Waals surface area contributed by atoms with E-state index >= 15 is 0 Å². The summed E-state index contributed by atoms with van der Waals surface area (Å²) in [6, 6.07) is -0.617. The number of fused-ring (bicyclic) bond motifs is 1. The first-order valence-corrected chi connectivity index (χ1v) is 7.56. The number of urea groups is 1. The van der Waals surface area contributed by atoms with Crippen LogP contribution in [0.2, 0.25) is 0 Å². The van der Waals surface area contributed by atoms with Gasteiger partial charge in [0.1, 0.15) is 6.04 Å². The van der Waals surface area contributed by atoms with Crippen LogP contribution >= 0.6 is 0 Å². The van der Waals surface area contributed by atoms with Gasteiger partial charge in [0, 0.05) is 19.1 Å². The molecule has 20 heavy (non-hydrogen) atoms. The van der Waals surface area contributed by atoms with Gasteiger partial charge in [-0.15, -0.1) is 0 Å². The molecular formula is C14H22N2O4. The van der Waals surface area contributed by atoms with E-state index in [1.807, 2.05) is 0 Å². The fourth-order valence-corrected chi connectivity index (χ4v) is 3.87. The largest absolute Gasteiger partial charge is 0.480 e. The van der Waals surface area contributed by atoms with Gasteiger partial charge >= 0.3 is 12.0 Å². The highest BCUT2D eigenvalue weighted by molar-refractivity contribution is 5.84. The van der Waals surface area contributed by atoms with Crippen LogP contribution in [0.5, 0.6) is 0 Å². The first-order chi connectivity index (χ1) is 9.68. The summed E-state index contributed by atoms with van der Waals surface area (Å²) in [5.41, 5.74) is 0. The maximum Gasteiger partial charge on any atom is 0.326 e. The van der Waals surface area contributed by atoms with Gasteiger partial charge in [-0.25, -0.2) is 9.59 Å². The van der Waals surface area contributed by atoms with Crippen LogP contribution in [-0.4, -0.2) is 65.3 Å². The number of ether oxygens (including phenoxy) is 1. The Balaban J connectivity index is 1.79. The van der Waals surface area contributed by atoms with Crippen LogP contribution in [0.4, 0.5) is 4.79 Å². The van der Waals surface area contributed by atoms with Gasteiger partial charge in [0.15, 0.2) is 0 Å². The van der Waals surface area contributed by atoms with E-state index in [2.05, 4.69) is 0 Å². The molecule has 2 aliphatic heterocycles. The Hall–Kier alpha value is -1.30. The van der Waals surface area contributed by atoms with E-state index in [0.717, 1.165) is 25.7 Å². The molecule has 2 saturated heterocycles. The first kappa shape index (κ1) is 13.7. The molecule has 1 aliphatic carbocycles. The molecule has 0 aromatic heterocycles. The third-order valence-electron chi connectivity index (χ3n) is 4.88. The second-order valence-electron chi connectivity index (χ2n) is 5.99. The van der Waals surface area contributed by atoms with Crippen molar-refractivity contribution in [3.8, 4) is 0 Å². The molecule has 6 nitrogen and oxygen atoms in total. The number of carboxylic acid groups (broad SMARTS) is 1. The minimum atomic E-state index is -0.860. The molecule has 0 bridgehead atoms. The van der Waals surface area contributed by atoms with Crippen molar-refractivity contribution in [2.45, 2.75) is 44.2 Å². The topological polar surface area (TPSA) is 70.1 Å². The van der Waals surface area contributed by atoms with E-state index in [1.165, 1.54) is 0 Å². The lowest BCUT2D eigenvalue weighted by Gasteiger charge is -2.37. The fourth-order valence-electron chi connectivity index (χ4n) is 3.87. The Bertz CT molecular complexity index is 395. The first-order valence-electron chi connectivity index (χ1n) is 7.56. The molecule has 1 N–H and O–H groups in total. The number of rotatable bonds is 1. The highest BCUT2D eigenvalue weighted by Gasteiger charge is 2.48. The summed E-state index contributed by atoms with van der Waals surface area (Å²) in [7, 11) is 0. The molecule has 0 spiro atoms. The number of hydrogen-bond acceptors (Lipinski definition) is 3. The standard InChI is InChI=1S/C14H22N2O4/c17-13(18)12-9-10-3-1-2-4-11(10)16(12)14(19)15-5-7-20-8-6-15/h10-12H,1-9H2,(H,17,18). The Labute approximate surface area is 118 Å². The highest BCUT2D eigenvalue weighted by atomic mass is 16.5. The zero-order valence-corrected chi connectivity index (χ0v) is 11.7. The fraction of sp³-hybridized carbons (Fsp3) is 0.857. The summed E-state index contributed by atoms with van der Waals surface area (Å²) < 4.78 is 5.26. The molecule has 2 heterocycles. The lowest BCUT2D eigenvalue weighted by Crippen LogP contribution is -2.54. The number of amides is 2. The Morgan fingerprint density at radius 2 is 1.80 bits per heavy atom. The lowest BCUT2D eigenvalue weighted by molar-refractivity contribution is -0.141. The van der Waals surface area contributed by atoms with Crippen molar-refractivity contribution in [3.05, 3.63) is 0 Å². The maximum atomic E-state index is 12.7. The number of carboxylic acids is 1. The molecule has 3 unspecified atom stereocenters. The van der Waals surface area contributed by atoms with Crippen LogP contribution in [0.3, 0.4) is 0 Å². The third-order valence-corrected chi connectivity index (χ3v) is 4.88. The molecule has 6 heteroatoms. The monoisotopic (exact) mass is 282 g/mol. The number of carbonyl (C=O) groups excluding carboxylic acids is 1.